The number of pyridine rings is 1. The second-order valence-electron chi connectivity index (χ2n) is 5.57. The van der Waals surface area contributed by atoms with Gasteiger partial charge in [0.25, 0.3) is 0 Å². The third-order valence-corrected chi connectivity index (χ3v) is 4.20. The molecule has 0 radical (unpaired) electrons. The molecule has 24 heavy (non-hydrogen) atoms. The molecule has 0 N–H and O–H groups in total. The number of halogens is 1. The fourth-order valence-electron chi connectivity index (χ4n) is 2.46. The predicted octanol–water partition coefficient (Wildman–Crippen LogP) is 5.06. The zero-order valence-corrected chi connectivity index (χ0v) is 15.1. The lowest BCUT2D eigenvalue weighted by molar-refractivity contribution is 0.303. The van der Waals surface area contributed by atoms with Gasteiger partial charge in [0.05, 0.1) is 0 Å². The number of benzene rings is 2. The zero-order chi connectivity index (χ0) is 16.8. The highest BCUT2D eigenvalue weighted by molar-refractivity contribution is 9.10. The fraction of sp³-hybridized carbons (Fsp3) is 0.150. The Morgan fingerprint density at radius 2 is 1.79 bits per heavy atom. The minimum absolute atomic E-state index is 0.558. The Bertz CT molecular complexity index is 778. The summed E-state index contributed by atoms with van der Waals surface area (Å²) in [6, 6.07) is 22.2. The van der Waals surface area contributed by atoms with Crippen LogP contribution in [0.4, 0.5) is 5.82 Å². The van der Waals surface area contributed by atoms with E-state index in [1.54, 1.807) is 6.20 Å². The van der Waals surface area contributed by atoms with E-state index in [2.05, 4.69) is 44.0 Å². The molecule has 0 saturated heterocycles. The van der Waals surface area contributed by atoms with Crippen molar-refractivity contribution in [1.82, 2.24) is 4.98 Å². The molecule has 4 heteroatoms. The van der Waals surface area contributed by atoms with Crippen molar-refractivity contribution >= 4 is 21.7 Å². The van der Waals surface area contributed by atoms with Gasteiger partial charge in [0.1, 0.15) is 18.2 Å². The van der Waals surface area contributed by atoms with E-state index in [4.69, 9.17) is 4.74 Å². The predicted molar refractivity (Wildman–Crippen MR) is 101 cm³/mol. The van der Waals surface area contributed by atoms with Crippen LogP contribution < -0.4 is 9.64 Å². The average molecular weight is 383 g/mol. The van der Waals surface area contributed by atoms with Crippen LogP contribution in [0.1, 0.15) is 11.1 Å². The number of nitrogens with zero attached hydrogens (tertiary/aromatic N) is 2. The van der Waals surface area contributed by atoms with Crippen molar-refractivity contribution in [3.63, 3.8) is 0 Å². The first kappa shape index (κ1) is 16.5. The maximum Gasteiger partial charge on any atom is 0.128 e. The molecule has 0 unspecified atom stereocenters. The first-order valence-corrected chi connectivity index (χ1v) is 8.59. The summed E-state index contributed by atoms with van der Waals surface area (Å²) in [6.07, 6.45) is 1.81. The normalized spacial score (nSPS) is 10.4. The molecular weight excluding hydrogens is 364 g/mol. The van der Waals surface area contributed by atoms with Crippen molar-refractivity contribution in [3.05, 3.63) is 88.5 Å². The molecule has 0 fully saturated rings. The molecule has 0 aliphatic heterocycles. The van der Waals surface area contributed by atoms with Crippen LogP contribution in [-0.2, 0) is 13.2 Å². The summed E-state index contributed by atoms with van der Waals surface area (Å²) in [5.74, 6) is 1.83. The van der Waals surface area contributed by atoms with Crippen LogP contribution in [-0.4, -0.2) is 12.0 Å². The summed E-state index contributed by atoms with van der Waals surface area (Å²) >= 11 is 3.55. The third kappa shape index (κ3) is 4.36. The van der Waals surface area contributed by atoms with Gasteiger partial charge in [0.15, 0.2) is 0 Å². The number of rotatable bonds is 6. The maximum atomic E-state index is 6.05. The van der Waals surface area contributed by atoms with Crippen molar-refractivity contribution in [2.24, 2.45) is 0 Å². The van der Waals surface area contributed by atoms with E-state index in [1.807, 2.05) is 55.6 Å². The lowest BCUT2D eigenvalue weighted by Crippen LogP contribution is -2.18. The average Bonchev–Trinajstić information content (AvgIpc) is 2.62. The lowest BCUT2D eigenvalue weighted by Gasteiger charge is -2.20. The standard InChI is InChI=1S/C20H19BrN2O/c1-23(20-9-5-6-12-22-20)14-17-13-18(21)10-11-19(17)24-15-16-7-3-2-4-8-16/h2-13H,14-15H2,1H3. The molecule has 0 spiro atoms. The van der Waals surface area contributed by atoms with Crippen LogP contribution >= 0.6 is 15.9 Å². The van der Waals surface area contributed by atoms with Crippen LogP contribution in [0.15, 0.2) is 77.4 Å². The molecule has 0 aliphatic carbocycles. The third-order valence-electron chi connectivity index (χ3n) is 3.71. The topological polar surface area (TPSA) is 25.4 Å². The lowest BCUT2D eigenvalue weighted by atomic mass is 10.2. The van der Waals surface area contributed by atoms with Gasteiger partial charge in [-0.1, -0.05) is 52.3 Å². The number of aromatic nitrogens is 1. The van der Waals surface area contributed by atoms with Gasteiger partial charge in [0, 0.05) is 29.8 Å². The molecule has 0 bridgehead atoms. The van der Waals surface area contributed by atoms with Crippen LogP contribution in [0.5, 0.6) is 5.75 Å². The molecule has 3 rings (SSSR count). The van der Waals surface area contributed by atoms with E-state index in [0.29, 0.717) is 6.61 Å². The van der Waals surface area contributed by atoms with Gasteiger partial charge in [-0.25, -0.2) is 4.98 Å². The van der Waals surface area contributed by atoms with Crippen LogP contribution in [0, 0.1) is 0 Å². The van der Waals surface area contributed by atoms with Gasteiger partial charge in [-0.2, -0.15) is 0 Å². The van der Waals surface area contributed by atoms with Crippen molar-refractivity contribution in [3.8, 4) is 5.75 Å². The Kier molecular flexibility index (Phi) is 5.49. The molecule has 122 valence electrons. The molecular formula is C20H19BrN2O. The molecule has 0 atom stereocenters. The van der Waals surface area contributed by atoms with Crippen LogP contribution in [0.25, 0.3) is 0 Å². The Morgan fingerprint density at radius 3 is 2.54 bits per heavy atom. The summed E-state index contributed by atoms with van der Waals surface area (Å²) in [4.78, 5) is 6.50. The van der Waals surface area contributed by atoms with Crippen molar-refractivity contribution in [2.45, 2.75) is 13.2 Å². The fourth-order valence-corrected chi connectivity index (χ4v) is 2.87. The molecule has 0 aliphatic rings. The van der Waals surface area contributed by atoms with Gasteiger partial charge in [-0.3, -0.25) is 0 Å². The van der Waals surface area contributed by atoms with E-state index in [-0.39, 0.29) is 0 Å². The summed E-state index contributed by atoms with van der Waals surface area (Å²) < 4.78 is 7.09. The second kappa shape index (κ2) is 7.97. The van der Waals surface area contributed by atoms with Crippen LogP contribution in [0.2, 0.25) is 0 Å². The molecule has 2 aromatic carbocycles. The molecule has 1 aromatic heterocycles. The minimum atomic E-state index is 0.558. The number of hydrogen-bond acceptors (Lipinski definition) is 3. The van der Waals surface area contributed by atoms with E-state index >= 15 is 0 Å². The molecule has 3 aromatic rings. The Labute approximate surface area is 151 Å². The first-order chi connectivity index (χ1) is 11.7. The highest BCUT2D eigenvalue weighted by atomic mass is 79.9. The maximum absolute atomic E-state index is 6.05. The van der Waals surface area contributed by atoms with E-state index in [9.17, 15) is 0 Å². The van der Waals surface area contributed by atoms with Crippen molar-refractivity contribution in [1.29, 1.82) is 0 Å². The number of hydrogen-bond donors (Lipinski definition) is 0. The number of anilines is 1. The highest BCUT2D eigenvalue weighted by Gasteiger charge is 2.09. The summed E-state index contributed by atoms with van der Waals surface area (Å²) in [7, 11) is 2.03. The summed E-state index contributed by atoms with van der Waals surface area (Å²) in [6.45, 7) is 1.28. The van der Waals surface area contributed by atoms with Crippen LogP contribution in [0.3, 0.4) is 0 Å². The van der Waals surface area contributed by atoms with E-state index in [0.717, 1.165) is 33.7 Å². The molecule has 1 heterocycles. The van der Waals surface area contributed by atoms with E-state index < -0.39 is 0 Å². The quantitative estimate of drug-likeness (QED) is 0.595. The van der Waals surface area contributed by atoms with Gasteiger partial charge in [-0.15, -0.1) is 0 Å². The smallest absolute Gasteiger partial charge is 0.128 e. The van der Waals surface area contributed by atoms with Crippen molar-refractivity contribution in [2.75, 3.05) is 11.9 Å². The Morgan fingerprint density at radius 1 is 1.00 bits per heavy atom. The highest BCUT2D eigenvalue weighted by Crippen LogP contribution is 2.26. The monoisotopic (exact) mass is 382 g/mol. The minimum Gasteiger partial charge on any atom is -0.489 e. The number of ether oxygens (including phenoxy) is 1. The van der Waals surface area contributed by atoms with E-state index in [1.165, 1.54) is 0 Å². The van der Waals surface area contributed by atoms with Crippen molar-refractivity contribution < 1.29 is 4.74 Å². The molecule has 0 amide bonds. The van der Waals surface area contributed by atoms with Gasteiger partial charge >= 0.3 is 0 Å². The molecule has 3 nitrogen and oxygen atoms in total. The largest absolute Gasteiger partial charge is 0.489 e. The first-order valence-electron chi connectivity index (χ1n) is 7.80. The zero-order valence-electron chi connectivity index (χ0n) is 13.5. The Balaban J connectivity index is 1.75. The SMILES string of the molecule is CN(Cc1cc(Br)ccc1OCc1ccccc1)c1ccccn1. The van der Waals surface area contributed by atoms with Gasteiger partial charge in [0.2, 0.25) is 0 Å². The molecule has 0 saturated carbocycles. The second-order valence-corrected chi connectivity index (χ2v) is 6.49. The van der Waals surface area contributed by atoms with Gasteiger partial charge in [-0.05, 0) is 35.9 Å². The Hall–Kier alpha value is -2.33. The van der Waals surface area contributed by atoms with Gasteiger partial charge < -0.3 is 9.64 Å². The summed E-state index contributed by atoms with van der Waals surface area (Å²) in [5, 5.41) is 0. The summed E-state index contributed by atoms with van der Waals surface area (Å²) in [5.41, 5.74) is 2.28.